The van der Waals surface area contributed by atoms with E-state index in [1.807, 2.05) is 25.1 Å². The molecule has 26 heavy (non-hydrogen) atoms. The summed E-state index contributed by atoms with van der Waals surface area (Å²) in [5.74, 6) is -0.329. The number of hydrogen-bond acceptors (Lipinski definition) is 6. The summed E-state index contributed by atoms with van der Waals surface area (Å²) < 4.78 is 5.33. The number of carbonyl (C=O) groups is 1. The summed E-state index contributed by atoms with van der Waals surface area (Å²) in [6, 6.07) is 5.95. The Balaban J connectivity index is 1.51. The summed E-state index contributed by atoms with van der Waals surface area (Å²) in [5, 5.41) is 5.92. The van der Waals surface area contributed by atoms with Crippen LogP contribution >= 0.6 is 23.6 Å². The molecule has 0 radical (unpaired) electrons. The van der Waals surface area contributed by atoms with Gasteiger partial charge in [0.25, 0.3) is 5.91 Å². The highest BCUT2D eigenvalue weighted by atomic mass is 32.1. The second-order valence-corrected chi connectivity index (χ2v) is 7.19. The van der Waals surface area contributed by atoms with Gasteiger partial charge in [0.2, 0.25) is 0 Å². The summed E-state index contributed by atoms with van der Waals surface area (Å²) in [7, 11) is 0. The first kappa shape index (κ1) is 18.6. The van der Waals surface area contributed by atoms with Crippen molar-refractivity contribution >= 4 is 45.4 Å². The molecule has 0 aliphatic carbocycles. The zero-order chi connectivity index (χ0) is 18.5. The van der Waals surface area contributed by atoms with Crippen molar-refractivity contribution in [2.75, 3.05) is 36.5 Å². The highest BCUT2D eigenvalue weighted by molar-refractivity contribution is 7.80. The molecule has 1 aromatic heterocycles. The monoisotopic (exact) mass is 391 g/mol. The van der Waals surface area contributed by atoms with E-state index in [1.165, 1.54) is 22.5 Å². The van der Waals surface area contributed by atoms with Crippen LogP contribution in [-0.2, 0) is 4.74 Å². The molecular weight excluding hydrogens is 370 g/mol. The first-order chi connectivity index (χ1) is 12.5. The van der Waals surface area contributed by atoms with Gasteiger partial charge >= 0.3 is 0 Å². The highest BCUT2D eigenvalue weighted by Crippen LogP contribution is 2.21. The third-order valence-corrected chi connectivity index (χ3v) is 5.17. The summed E-state index contributed by atoms with van der Waals surface area (Å²) in [6.07, 6.45) is 0. The van der Waals surface area contributed by atoms with Gasteiger partial charge in [-0.2, -0.15) is 0 Å². The minimum absolute atomic E-state index is 0.310. The fourth-order valence-corrected chi connectivity index (χ4v) is 3.46. The summed E-state index contributed by atoms with van der Waals surface area (Å²) in [5.41, 5.74) is 8.87. The minimum Gasteiger partial charge on any atom is -0.378 e. The van der Waals surface area contributed by atoms with Crippen molar-refractivity contribution in [2.45, 2.75) is 13.8 Å². The number of hydrogen-bond donors (Lipinski definition) is 3. The number of rotatable bonds is 3. The number of anilines is 2. The number of nitrogens with one attached hydrogen (secondary N) is 3. The second-order valence-electron chi connectivity index (χ2n) is 5.95. The zero-order valence-corrected chi connectivity index (χ0v) is 16.3. The van der Waals surface area contributed by atoms with E-state index in [1.54, 1.807) is 5.38 Å². The molecule has 138 valence electrons. The summed E-state index contributed by atoms with van der Waals surface area (Å²) >= 11 is 6.66. The molecule has 1 fully saturated rings. The number of morpholine rings is 1. The van der Waals surface area contributed by atoms with Crippen LogP contribution in [0.5, 0.6) is 0 Å². The lowest BCUT2D eigenvalue weighted by Gasteiger charge is -2.25. The molecule has 3 N–H and O–H groups in total. The van der Waals surface area contributed by atoms with Crippen molar-refractivity contribution in [3.05, 3.63) is 40.4 Å². The van der Waals surface area contributed by atoms with Gasteiger partial charge in [-0.25, -0.2) is 4.98 Å². The highest BCUT2D eigenvalue weighted by Gasteiger charge is 2.17. The van der Waals surface area contributed by atoms with Crippen LogP contribution in [0, 0.1) is 13.8 Å². The van der Waals surface area contributed by atoms with E-state index in [0.29, 0.717) is 24.0 Å². The van der Waals surface area contributed by atoms with Crippen LogP contribution in [0.25, 0.3) is 0 Å². The number of thiazole rings is 1. The fourth-order valence-electron chi connectivity index (χ4n) is 2.43. The van der Waals surface area contributed by atoms with Gasteiger partial charge in [0.15, 0.2) is 10.2 Å². The van der Waals surface area contributed by atoms with E-state index in [9.17, 15) is 4.79 Å². The SMILES string of the molecule is Cc1ccc(NC(=S)NNC(=O)c2csc(N3CCOCC3)n2)cc1C. The number of amides is 1. The molecule has 2 aromatic rings. The van der Waals surface area contributed by atoms with Crippen LogP contribution in [0.2, 0.25) is 0 Å². The molecule has 0 atom stereocenters. The minimum atomic E-state index is -0.329. The Morgan fingerprint density at radius 2 is 2.00 bits per heavy atom. The van der Waals surface area contributed by atoms with E-state index in [-0.39, 0.29) is 5.91 Å². The Hall–Kier alpha value is -2.23. The predicted octanol–water partition coefficient (Wildman–Crippen LogP) is 2.23. The largest absolute Gasteiger partial charge is 0.378 e. The van der Waals surface area contributed by atoms with Crippen molar-refractivity contribution < 1.29 is 9.53 Å². The Labute approximate surface area is 161 Å². The predicted molar refractivity (Wildman–Crippen MR) is 108 cm³/mol. The van der Waals surface area contributed by atoms with Gasteiger partial charge in [0.1, 0.15) is 5.69 Å². The lowest BCUT2D eigenvalue weighted by Crippen LogP contribution is -2.44. The van der Waals surface area contributed by atoms with Crippen molar-refractivity contribution in [3.8, 4) is 0 Å². The molecule has 0 spiro atoms. The number of benzene rings is 1. The molecule has 3 rings (SSSR count). The van der Waals surface area contributed by atoms with Gasteiger partial charge in [0.05, 0.1) is 13.2 Å². The van der Waals surface area contributed by atoms with Crippen molar-refractivity contribution in [1.29, 1.82) is 0 Å². The number of aryl methyl sites for hydroxylation is 2. The maximum atomic E-state index is 12.2. The van der Waals surface area contributed by atoms with E-state index in [0.717, 1.165) is 23.9 Å². The molecule has 1 amide bonds. The van der Waals surface area contributed by atoms with Gasteiger partial charge in [-0.1, -0.05) is 6.07 Å². The quantitative estimate of drug-likeness (QED) is 0.547. The lowest BCUT2D eigenvalue weighted by atomic mass is 10.1. The van der Waals surface area contributed by atoms with Crippen LogP contribution in [0.1, 0.15) is 21.6 Å². The smallest absolute Gasteiger partial charge is 0.289 e. The van der Waals surface area contributed by atoms with Crippen molar-refractivity contribution in [1.82, 2.24) is 15.8 Å². The number of nitrogens with zero attached hydrogens (tertiary/aromatic N) is 2. The molecule has 0 bridgehead atoms. The third-order valence-electron chi connectivity index (χ3n) is 4.06. The van der Waals surface area contributed by atoms with E-state index in [2.05, 4.69) is 33.0 Å². The Morgan fingerprint density at radius 1 is 1.23 bits per heavy atom. The molecule has 1 aliphatic rings. The lowest BCUT2D eigenvalue weighted by molar-refractivity contribution is 0.0940. The average Bonchev–Trinajstić information content (AvgIpc) is 3.14. The second kappa shape index (κ2) is 8.43. The maximum absolute atomic E-state index is 12.2. The molecule has 7 nitrogen and oxygen atoms in total. The average molecular weight is 392 g/mol. The van der Waals surface area contributed by atoms with Crippen LogP contribution in [0.15, 0.2) is 23.6 Å². The molecule has 9 heteroatoms. The number of carbonyl (C=O) groups excluding carboxylic acids is 1. The summed E-state index contributed by atoms with van der Waals surface area (Å²) in [6.45, 7) is 7.03. The Bertz CT molecular complexity index is 802. The molecule has 1 aromatic carbocycles. The van der Waals surface area contributed by atoms with Gasteiger partial charge < -0.3 is 15.0 Å². The van der Waals surface area contributed by atoms with Crippen LogP contribution < -0.4 is 21.1 Å². The van der Waals surface area contributed by atoms with Crippen molar-refractivity contribution in [3.63, 3.8) is 0 Å². The Morgan fingerprint density at radius 3 is 2.73 bits per heavy atom. The molecule has 1 aliphatic heterocycles. The van der Waals surface area contributed by atoms with E-state index >= 15 is 0 Å². The molecular formula is C17H21N5O2S2. The number of thiocarbonyl (C=S) groups is 1. The third kappa shape index (κ3) is 4.69. The first-order valence-electron chi connectivity index (χ1n) is 8.26. The van der Waals surface area contributed by atoms with E-state index in [4.69, 9.17) is 17.0 Å². The first-order valence-corrected chi connectivity index (χ1v) is 9.54. The van der Waals surface area contributed by atoms with Crippen LogP contribution in [0.3, 0.4) is 0 Å². The van der Waals surface area contributed by atoms with Crippen LogP contribution in [0.4, 0.5) is 10.8 Å². The maximum Gasteiger partial charge on any atom is 0.289 e. The molecule has 0 unspecified atom stereocenters. The normalized spacial score (nSPS) is 14.0. The van der Waals surface area contributed by atoms with Crippen LogP contribution in [-0.4, -0.2) is 42.3 Å². The number of hydrazine groups is 1. The summed E-state index contributed by atoms with van der Waals surface area (Å²) in [4.78, 5) is 18.7. The van der Waals surface area contributed by atoms with Gasteiger partial charge in [-0.3, -0.25) is 15.6 Å². The van der Waals surface area contributed by atoms with Crippen molar-refractivity contribution in [2.24, 2.45) is 0 Å². The molecule has 2 heterocycles. The van der Waals surface area contributed by atoms with Gasteiger partial charge in [-0.15, -0.1) is 11.3 Å². The Kier molecular flexibility index (Phi) is 6.02. The van der Waals surface area contributed by atoms with Gasteiger partial charge in [-0.05, 0) is 49.3 Å². The van der Waals surface area contributed by atoms with Gasteiger partial charge in [0, 0.05) is 24.2 Å². The fraction of sp³-hybridized carbons (Fsp3) is 0.353. The molecule has 1 saturated heterocycles. The standard InChI is InChI=1S/C17H21N5O2S2/c1-11-3-4-13(9-12(11)2)18-16(25)21-20-15(23)14-10-26-17(19-14)22-5-7-24-8-6-22/h3-4,9-10H,5-8H2,1-2H3,(H,20,23)(H2,18,21,25). The number of aromatic nitrogens is 1. The zero-order valence-electron chi connectivity index (χ0n) is 14.7. The molecule has 0 saturated carbocycles. The topological polar surface area (TPSA) is 78.5 Å². The number of ether oxygens (including phenoxy) is 1. The van der Waals surface area contributed by atoms with E-state index < -0.39 is 0 Å².